The van der Waals surface area contributed by atoms with Gasteiger partial charge in [-0.25, -0.2) is 0 Å². The number of pyridine rings is 1. The van der Waals surface area contributed by atoms with Gasteiger partial charge in [-0.05, 0) is 36.4 Å². The number of aromatic nitrogens is 1. The van der Waals surface area contributed by atoms with Crippen LogP contribution in [0.3, 0.4) is 0 Å². The van der Waals surface area contributed by atoms with Gasteiger partial charge < -0.3 is 4.90 Å². The van der Waals surface area contributed by atoms with Crippen molar-refractivity contribution in [2.24, 2.45) is 0 Å². The van der Waals surface area contributed by atoms with Gasteiger partial charge in [-0.1, -0.05) is 29.8 Å². The lowest BCUT2D eigenvalue weighted by molar-refractivity contribution is 1.21. The van der Waals surface area contributed by atoms with Gasteiger partial charge >= 0.3 is 0 Å². The van der Waals surface area contributed by atoms with E-state index >= 15 is 0 Å². The molecule has 3 heteroatoms. The summed E-state index contributed by atoms with van der Waals surface area (Å²) in [6, 6.07) is 18.0. The first-order chi connectivity index (χ1) is 9.25. The van der Waals surface area contributed by atoms with Crippen LogP contribution >= 0.6 is 11.6 Å². The van der Waals surface area contributed by atoms with Gasteiger partial charge in [0, 0.05) is 29.3 Å². The number of benzene rings is 2. The molecule has 2 aromatic carbocycles. The molecule has 3 aromatic rings. The molecule has 1 heterocycles. The topological polar surface area (TPSA) is 16.1 Å². The molecule has 0 aliphatic heterocycles. The predicted octanol–water partition coefficient (Wildman–Crippen LogP) is 4.66. The second-order valence-corrected chi connectivity index (χ2v) is 4.82. The molecule has 0 unspecified atom stereocenters. The molecule has 2 nitrogen and oxygen atoms in total. The number of hydrogen-bond acceptors (Lipinski definition) is 2. The van der Waals surface area contributed by atoms with Crippen LogP contribution in [0.4, 0.5) is 11.4 Å². The zero-order valence-corrected chi connectivity index (χ0v) is 11.3. The number of rotatable bonds is 2. The fraction of sp³-hybridized carbons (Fsp3) is 0.0625. The highest BCUT2D eigenvalue weighted by atomic mass is 35.5. The minimum absolute atomic E-state index is 0.747. The van der Waals surface area contributed by atoms with E-state index in [0.29, 0.717) is 0 Å². The van der Waals surface area contributed by atoms with Crippen molar-refractivity contribution in [1.82, 2.24) is 4.98 Å². The molecule has 0 radical (unpaired) electrons. The molecule has 0 bridgehead atoms. The Morgan fingerprint density at radius 2 is 1.68 bits per heavy atom. The van der Waals surface area contributed by atoms with Crippen molar-refractivity contribution in [2.75, 3.05) is 11.9 Å². The molecular weight excluding hydrogens is 256 g/mol. The van der Waals surface area contributed by atoms with Gasteiger partial charge in [0.15, 0.2) is 0 Å². The van der Waals surface area contributed by atoms with E-state index < -0.39 is 0 Å². The Kier molecular flexibility index (Phi) is 3.10. The maximum absolute atomic E-state index is 5.93. The van der Waals surface area contributed by atoms with Crippen molar-refractivity contribution in [2.45, 2.75) is 0 Å². The Bertz CT molecular complexity index is 702. The lowest BCUT2D eigenvalue weighted by Crippen LogP contribution is -2.09. The molecule has 0 saturated carbocycles. The van der Waals surface area contributed by atoms with E-state index in [2.05, 4.69) is 16.0 Å². The van der Waals surface area contributed by atoms with Gasteiger partial charge in [-0.2, -0.15) is 0 Å². The van der Waals surface area contributed by atoms with E-state index in [1.165, 1.54) is 0 Å². The number of nitrogens with zero attached hydrogens (tertiary/aromatic N) is 2. The molecule has 1 aromatic heterocycles. The van der Waals surface area contributed by atoms with Crippen LogP contribution in [0.1, 0.15) is 0 Å². The molecule has 0 aliphatic rings. The molecule has 0 aliphatic carbocycles. The van der Waals surface area contributed by atoms with E-state index in [4.69, 9.17) is 11.6 Å². The summed E-state index contributed by atoms with van der Waals surface area (Å²) in [7, 11) is 2.05. The second-order valence-electron chi connectivity index (χ2n) is 4.38. The Morgan fingerprint density at radius 3 is 2.47 bits per heavy atom. The third-order valence-corrected chi connectivity index (χ3v) is 3.45. The Hall–Kier alpha value is -2.06. The molecule has 0 fully saturated rings. The molecular formula is C16H13ClN2. The smallest absolute Gasteiger partial charge is 0.0722 e. The fourth-order valence-electron chi connectivity index (χ4n) is 2.18. The van der Waals surface area contributed by atoms with Crippen molar-refractivity contribution in [3.63, 3.8) is 0 Å². The summed E-state index contributed by atoms with van der Waals surface area (Å²) < 4.78 is 0. The highest BCUT2D eigenvalue weighted by molar-refractivity contribution is 6.30. The molecule has 0 N–H and O–H groups in total. The van der Waals surface area contributed by atoms with Crippen LogP contribution in [0.5, 0.6) is 0 Å². The van der Waals surface area contributed by atoms with Crippen LogP contribution in [0, 0.1) is 0 Å². The van der Waals surface area contributed by atoms with Gasteiger partial charge in [0.25, 0.3) is 0 Å². The molecule has 3 rings (SSSR count). The monoisotopic (exact) mass is 268 g/mol. The van der Waals surface area contributed by atoms with E-state index in [1.807, 2.05) is 61.8 Å². The van der Waals surface area contributed by atoms with Gasteiger partial charge in [-0.3, -0.25) is 4.98 Å². The van der Waals surface area contributed by atoms with Gasteiger partial charge in [0.05, 0.1) is 11.2 Å². The Labute approximate surface area is 117 Å². The molecule has 0 spiro atoms. The average molecular weight is 269 g/mol. The van der Waals surface area contributed by atoms with Crippen molar-refractivity contribution in [3.05, 3.63) is 65.8 Å². The summed E-state index contributed by atoms with van der Waals surface area (Å²) in [6.45, 7) is 0. The summed E-state index contributed by atoms with van der Waals surface area (Å²) in [6.07, 6.45) is 1.84. The van der Waals surface area contributed by atoms with Gasteiger partial charge in [-0.15, -0.1) is 0 Å². The number of fused-ring (bicyclic) bond motifs is 1. The first-order valence-corrected chi connectivity index (χ1v) is 6.46. The summed E-state index contributed by atoms with van der Waals surface area (Å²) in [4.78, 5) is 6.52. The van der Waals surface area contributed by atoms with Gasteiger partial charge in [0.1, 0.15) is 0 Å². The third kappa shape index (κ3) is 2.27. The maximum atomic E-state index is 5.93. The minimum Gasteiger partial charge on any atom is -0.344 e. The van der Waals surface area contributed by atoms with Crippen molar-refractivity contribution in [1.29, 1.82) is 0 Å². The zero-order valence-electron chi connectivity index (χ0n) is 10.5. The van der Waals surface area contributed by atoms with Gasteiger partial charge in [0.2, 0.25) is 0 Å². The molecule has 0 atom stereocenters. The normalized spacial score (nSPS) is 10.6. The second kappa shape index (κ2) is 4.90. The minimum atomic E-state index is 0.747. The zero-order chi connectivity index (χ0) is 13.2. The van der Waals surface area contributed by atoms with Crippen molar-refractivity contribution < 1.29 is 0 Å². The predicted molar refractivity (Wildman–Crippen MR) is 81.3 cm³/mol. The van der Waals surface area contributed by atoms with Crippen LogP contribution in [-0.2, 0) is 0 Å². The highest BCUT2D eigenvalue weighted by Gasteiger charge is 2.08. The fourth-order valence-corrected chi connectivity index (χ4v) is 2.30. The summed E-state index contributed by atoms with van der Waals surface area (Å²) >= 11 is 5.93. The maximum Gasteiger partial charge on any atom is 0.0722 e. The lowest BCUT2D eigenvalue weighted by Gasteiger charge is -2.21. The number of halogens is 1. The SMILES string of the molecule is CN(c1ccc(Cl)cc1)c1ccnc2ccccc12. The highest BCUT2D eigenvalue weighted by Crippen LogP contribution is 2.30. The first kappa shape index (κ1) is 12.0. The molecule has 0 saturated heterocycles. The van der Waals surface area contributed by atoms with E-state index in [-0.39, 0.29) is 0 Å². The summed E-state index contributed by atoms with van der Waals surface area (Å²) in [5.74, 6) is 0. The largest absolute Gasteiger partial charge is 0.344 e. The Balaban J connectivity index is 2.11. The van der Waals surface area contributed by atoms with Crippen LogP contribution in [-0.4, -0.2) is 12.0 Å². The quantitative estimate of drug-likeness (QED) is 0.672. The first-order valence-electron chi connectivity index (χ1n) is 6.09. The van der Waals surface area contributed by atoms with Crippen LogP contribution < -0.4 is 4.90 Å². The van der Waals surface area contributed by atoms with Crippen LogP contribution in [0.2, 0.25) is 5.02 Å². The number of para-hydroxylation sites is 1. The van der Waals surface area contributed by atoms with E-state index in [1.54, 1.807) is 0 Å². The van der Waals surface area contributed by atoms with Crippen LogP contribution in [0.25, 0.3) is 10.9 Å². The number of anilines is 2. The average Bonchev–Trinajstić information content (AvgIpc) is 2.47. The summed E-state index contributed by atoms with van der Waals surface area (Å²) in [5, 5.41) is 1.89. The van der Waals surface area contributed by atoms with E-state index in [9.17, 15) is 0 Å². The molecule has 0 amide bonds. The van der Waals surface area contributed by atoms with Crippen LogP contribution in [0.15, 0.2) is 60.8 Å². The number of hydrogen-bond donors (Lipinski definition) is 0. The van der Waals surface area contributed by atoms with Crippen molar-refractivity contribution in [3.8, 4) is 0 Å². The lowest BCUT2D eigenvalue weighted by atomic mass is 10.1. The van der Waals surface area contributed by atoms with Crippen molar-refractivity contribution >= 4 is 33.9 Å². The third-order valence-electron chi connectivity index (χ3n) is 3.20. The molecule has 19 heavy (non-hydrogen) atoms. The summed E-state index contributed by atoms with van der Waals surface area (Å²) in [5.41, 5.74) is 3.23. The van der Waals surface area contributed by atoms with E-state index in [0.717, 1.165) is 27.3 Å². The standard InChI is InChI=1S/C16H13ClN2/c1-19(13-8-6-12(17)7-9-13)16-10-11-18-15-5-3-2-4-14(15)16/h2-11H,1H3. The molecule has 94 valence electrons. The Morgan fingerprint density at radius 1 is 0.947 bits per heavy atom.